The zero-order valence-electron chi connectivity index (χ0n) is 51.2. The fourth-order valence-corrected chi connectivity index (χ4v) is 11.8. The van der Waals surface area contributed by atoms with Crippen molar-refractivity contribution in [3.63, 3.8) is 0 Å². The van der Waals surface area contributed by atoms with Crippen molar-refractivity contribution in [3.8, 4) is 11.3 Å². The van der Waals surface area contributed by atoms with Crippen molar-refractivity contribution in [1.29, 1.82) is 0 Å². The number of methoxy groups -OCH3 is 2. The maximum Gasteiger partial charge on any atom is 0.497 e. The maximum atomic E-state index is 14.6. The van der Waals surface area contributed by atoms with Crippen LogP contribution >= 0.6 is 11.6 Å². The van der Waals surface area contributed by atoms with Crippen molar-refractivity contribution in [2.75, 3.05) is 63.5 Å². The molecule has 0 bridgehead atoms. The summed E-state index contributed by atoms with van der Waals surface area (Å²) in [5.41, 5.74) is 5.38. The van der Waals surface area contributed by atoms with E-state index in [0.29, 0.717) is 65.6 Å². The van der Waals surface area contributed by atoms with Gasteiger partial charge in [-0.2, -0.15) is 0 Å². The minimum atomic E-state index is -3.76. The van der Waals surface area contributed by atoms with E-state index in [9.17, 15) is 44.8 Å². The van der Waals surface area contributed by atoms with Crippen LogP contribution in [0.2, 0.25) is 5.15 Å². The Bertz CT molecular complexity index is 5330. The Morgan fingerprint density at radius 2 is 1.04 bits per heavy atom. The molecule has 9 heterocycles. The second-order valence-corrected chi connectivity index (χ2v) is 26.7. The van der Waals surface area contributed by atoms with Crippen molar-refractivity contribution in [3.05, 3.63) is 149 Å². The summed E-state index contributed by atoms with van der Waals surface area (Å²) in [6, 6.07) is 26.0. The van der Waals surface area contributed by atoms with E-state index in [1.165, 1.54) is 59.6 Å². The zero-order chi connectivity index (χ0) is 66.4. The van der Waals surface area contributed by atoms with Gasteiger partial charge in [-0.3, -0.25) is 27.0 Å². The molecule has 1 aliphatic rings. The van der Waals surface area contributed by atoms with Crippen LogP contribution in [0.3, 0.4) is 0 Å². The number of esters is 2. The topological polar surface area (TPSA) is 291 Å². The summed E-state index contributed by atoms with van der Waals surface area (Å²) < 4.78 is 117. The van der Waals surface area contributed by atoms with E-state index in [4.69, 9.17) is 44.2 Å². The van der Waals surface area contributed by atoms with E-state index in [1.807, 2.05) is 38.2 Å². The Hall–Kier alpha value is -9.81. The van der Waals surface area contributed by atoms with Gasteiger partial charge in [0.25, 0.3) is 11.8 Å². The predicted octanol–water partition coefficient (Wildman–Crippen LogP) is 9.23. The monoisotopic (exact) mass is 1310 g/mol. The van der Waals surface area contributed by atoms with Crippen molar-refractivity contribution >= 4 is 156 Å². The van der Waals surface area contributed by atoms with Crippen LogP contribution in [-0.2, 0) is 38.8 Å². The highest BCUT2D eigenvalue weighted by Gasteiger charge is 2.53. The molecule has 474 valence electrons. The molecular weight excluding hydrogens is 1260 g/mol. The third-order valence-corrected chi connectivity index (χ3v) is 18.8. The second kappa shape index (κ2) is 23.5. The Labute approximate surface area is 528 Å². The lowest BCUT2D eigenvalue weighted by atomic mass is 9.77. The number of hydrogen-bond donors (Lipinski definition) is 2. The molecule has 0 aliphatic carbocycles. The number of sulfonamides is 2. The molecule has 0 saturated carbocycles. The molecule has 2 N–H and O–H groups in total. The Morgan fingerprint density at radius 1 is 0.598 bits per heavy atom. The van der Waals surface area contributed by atoms with Gasteiger partial charge in [0.05, 0.1) is 88.1 Å². The smallest absolute Gasteiger partial charge is 0.463 e. The number of halogens is 3. The molecule has 0 radical (unpaired) electrons. The van der Waals surface area contributed by atoms with Crippen LogP contribution in [0.1, 0.15) is 69.5 Å². The van der Waals surface area contributed by atoms with Gasteiger partial charge < -0.3 is 38.3 Å². The standard InChI is InChI=1S/C28H22FN5O6S.C20H27BN2O8S.C14H7ClFN3/c1-30-27(35)24-16-10-15(21(33(2)41(4,37)38)12-23(16)40-26(24)28(36)39-3)18-8-9-19-25(32-18)22-11-14-17(29)6-5-7-20(14)34(22)13-31-19;1-19(2)20(3,4)31-21(30-19)12-9-11-14(10-13(12)23(6)32(8,26)27)29-16(18(25)28-7)15(11)17(24)22-5;15-13-5-4-10-14(18-13)12-6-8-9(16)2-1-3-11(8)19(12)7-17-10/h5-13H,1-4H3,(H,30,35);9-10H,1-8H3,(H,22,24);1-7H. The van der Waals surface area contributed by atoms with Crippen LogP contribution in [0, 0.1) is 11.6 Å². The van der Waals surface area contributed by atoms with Gasteiger partial charge in [-0.25, -0.2) is 55.1 Å². The molecule has 1 aliphatic heterocycles. The molecule has 13 rings (SSSR count). The molecule has 30 heteroatoms. The minimum absolute atomic E-state index is 0.0272. The molecule has 8 aromatic heterocycles. The Morgan fingerprint density at radius 3 is 1.51 bits per heavy atom. The minimum Gasteiger partial charge on any atom is -0.463 e. The summed E-state index contributed by atoms with van der Waals surface area (Å²) in [6.07, 6.45) is 5.37. The van der Waals surface area contributed by atoms with Gasteiger partial charge in [0, 0.05) is 72.9 Å². The molecular formula is C62H56BClF2N10O14S2. The number of nitrogens with zero attached hydrogens (tertiary/aromatic N) is 8. The highest BCUT2D eigenvalue weighted by atomic mass is 35.5. The van der Waals surface area contributed by atoms with Crippen LogP contribution in [-0.4, -0.2) is 143 Å². The van der Waals surface area contributed by atoms with Crippen LogP contribution in [0.4, 0.5) is 20.2 Å². The number of furan rings is 2. The molecule has 0 unspecified atom stereocenters. The number of aromatic nitrogens is 6. The first-order valence-electron chi connectivity index (χ1n) is 27.8. The molecule has 12 aromatic rings. The highest BCUT2D eigenvalue weighted by Crippen LogP contribution is 2.41. The van der Waals surface area contributed by atoms with Gasteiger partial charge in [0.15, 0.2) is 0 Å². The number of hydrogen-bond acceptors (Lipinski definition) is 18. The maximum absolute atomic E-state index is 14.6. The lowest BCUT2D eigenvalue weighted by Gasteiger charge is -2.32. The third kappa shape index (κ3) is 11.1. The van der Waals surface area contributed by atoms with Gasteiger partial charge in [-0.05, 0) is 100 Å². The quantitative estimate of drug-likeness (QED) is 0.0732. The van der Waals surface area contributed by atoms with Crippen molar-refractivity contribution in [2.45, 2.75) is 38.9 Å². The van der Waals surface area contributed by atoms with E-state index in [2.05, 4.69) is 25.6 Å². The average molecular weight is 1310 g/mol. The summed E-state index contributed by atoms with van der Waals surface area (Å²) >= 11 is 5.93. The van der Waals surface area contributed by atoms with Gasteiger partial charge in [0.1, 0.15) is 62.8 Å². The van der Waals surface area contributed by atoms with E-state index < -0.39 is 62.1 Å². The molecule has 0 spiro atoms. The molecule has 2 amide bonds. The number of carbonyl (C=O) groups is 4. The number of anilines is 2. The van der Waals surface area contributed by atoms with Crippen molar-refractivity contribution in [1.82, 2.24) is 39.4 Å². The number of ether oxygens (including phenoxy) is 2. The SMILES string of the molecule is CNC(=O)c1c(C(=O)OC)oc2cc(N(C)S(C)(=O)=O)c(-c3ccc4ncn5c6cccc(F)c6cc5c4n3)cc12.CNC(=O)c1c(C(=O)OC)oc2cc(N(C)S(C)(=O)=O)c(B3OC(C)(C)C(C)(C)O3)cc12.Fc1cccc2c1cc1c3nc(Cl)ccc3ncn21. The molecule has 1 fully saturated rings. The molecule has 4 aromatic carbocycles. The molecule has 0 atom stereocenters. The zero-order valence-corrected chi connectivity index (χ0v) is 53.6. The Balaban J connectivity index is 0.000000150. The summed E-state index contributed by atoms with van der Waals surface area (Å²) in [6.45, 7) is 7.48. The van der Waals surface area contributed by atoms with Gasteiger partial charge in [-0.15, -0.1) is 0 Å². The normalized spacial score (nSPS) is 13.8. The molecule has 1 saturated heterocycles. The van der Waals surface area contributed by atoms with Crippen molar-refractivity contribution < 1.29 is 72.4 Å². The third-order valence-electron chi connectivity index (χ3n) is 16.2. The summed E-state index contributed by atoms with van der Waals surface area (Å²) in [4.78, 5) is 68.1. The first-order valence-corrected chi connectivity index (χ1v) is 31.9. The lowest BCUT2D eigenvalue weighted by Crippen LogP contribution is -2.41. The first kappa shape index (κ1) is 63.8. The molecule has 24 nitrogen and oxygen atoms in total. The van der Waals surface area contributed by atoms with Crippen LogP contribution in [0.15, 0.2) is 119 Å². The fraction of sp³-hybridized carbons (Fsp3) is 0.226. The highest BCUT2D eigenvalue weighted by molar-refractivity contribution is 7.92. The van der Waals surface area contributed by atoms with Gasteiger partial charge in [-0.1, -0.05) is 23.7 Å². The number of benzene rings is 4. The van der Waals surface area contributed by atoms with E-state index in [1.54, 1.807) is 83.8 Å². The molecule has 92 heavy (non-hydrogen) atoms. The number of amides is 2. The summed E-state index contributed by atoms with van der Waals surface area (Å²) in [5, 5.41) is 6.86. The predicted molar refractivity (Wildman–Crippen MR) is 344 cm³/mol. The van der Waals surface area contributed by atoms with E-state index in [-0.39, 0.29) is 62.2 Å². The number of fused-ring (bicyclic) bond motifs is 12. The lowest BCUT2D eigenvalue weighted by molar-refractivity contribution is 0.00578. The number of pyridine rings is 2. The average Bonchev–Trinajstić information content (AvgIpc) is 1.56. The number of nitrogens with one attached hydrogen (secondary N) is 2. The number of rotatable bonds is 10. The van der Waals surface area contributed by atoms with Gasteiger partial charge in [0.2, 0.25) is 31.6 Å². The second-order valence-electron chi connectivity index (χ2n) is 22.3. The summed E-state index contributed by atoms with van der Waals surface area (Å²) in [5.74, 6) is -4.13. The van der Waals surface area contributed by atoms with Crippen LogP contribution < -0.4 is 24.7 Å². The van der Waals surface area contributed by atoms with E-state index >= 15 is 0 Å². The first-order chi connectivity index (χ1) is 43.4. The fourth-order valence-electron chi connectivity index (χ4n) is 10.6. The van der Waals surface area contributed by atoms with Gasteiger partial charge >= 0.3 is 19.1 Å². The Kier molecular flexibility index (Phi) is 16.3. The van der Waals surface area contributed by atoms with Crippen LogP contribution in [0.25, 0.3) is 88.1 Å². The van der Waals surface area contributed by atoms with Crippen molar-refractivity contribution in [2.24, 2.45) is 0 Å². The number of carbonyl (C=O) groups excluding carboxylic acids is 4. The summed E-state index contributed by atoms with van der Waals surface area (Å²) in [7, 11) is -0.467. The van der Waals surface area contributed by atoms with Crippen LogP contribution in [0.5, 0.6) is 0 Å². The largest absolute Gasteiger partial charge is 0.497 e. The van der Waals surface area contributed by atoms with E-state index in [0.717, 1.165) is 44.8 Å².